The molecule has 0 spiro atoms. The van der Waals surface area contributed by atoms with Gasteiger partial charge in [-0.1, -0.05) is 32.0 Å². The van der Waals surface area contributed by atoms with Crippen LogP contribution >= 0.6 is 0 Å². The fourth-order valence-corrected chi connectivity index (χ4v) is 2.90. The van der Waals surface area contributed by atoms with Gasteiger partial charge in [-0.3, -0.25) is 4.79 Å². The number of para-hydroxylation sites is 1. The first kappa shape index (κ1) is 18.7. The van der Waals surface area contributed by atoms with Crippen molar-refractivity contribution in [3.05, 3.63) is 54.1 Å². The van der Waals surface area contributed by atoms with E-state index in [1.807, 2.05) is 48.5 Å². The number of nitrogens with zero attached hydrogens (tertiary/aromatic N) is 1. The average Bonchev–Trinajstić information content (AvgIpc) is 2.70. The van der Waals surface area contributed by atoms with E-state index >= 15 is 0 Å². The number of benzene rings is 2. The van der Waals surface area contributed by atoms with Crippen molar-refractivity contribution in [1.29, 1.82) is 0 Å². The van der Waals surface area contributed by atoms with Crippen LogP contribution in [-0.2, 0) is 0 Å². The molecule has 1 heterocycles. The molecule has 0 atom stereocenters. The van der Waals surface area contributed by atoms with Gasteiger partial charge < -0.3 is 14.8 Å². The van der Waals surface area contributed by atoms with Crippen LogP contribution in [0.15, 0.2) is 48.5 Å². The molecule has 0 saturated carbocycles. The molecule has 5 heteroatoms. The van der Waals surface area contributed by atoms with Gasteiger partial charge in [-0.05, 0) is 36.2 Å². The molecular weight excluding hydrogens is 340 g/mol. The van der Waals surface area contributed by atoms with Gasteiger partial charge in [-0.15, -0.1) is 0 Å². The van der Waals surface area contributed by atoms with Crippen molar-refractivity contribution in [2.24, 2.45) is 5.92 Å². The van der Waals surface area contributed by atoms with Crippen LogP contribution < -0.4 is 14.8 Å². The van der Waals surface area contributed by atoms with E-state index in [9.17, 15) is 4.79 Å². The Morgan fingerprint density at radius 1 is 1.04 bits per heavy atom. The van der Waals surface area contributed by atoms with E-state index in [-0.39, 0.29) is 5.91 Å². The molecule has 1 amide bonds. The van der Waals surface area contributed by atoms with Crippen molar-refractivity contribution < 1.29 is 14.3 Å². The summed E-state index contributed by atoms with van der Waals surface area (Å²) in [6.07, 6.45) is 0. The van der Waals surface area contributed by atoms with Crippen LogP contribution in [0.4, 0.5) is 0 Å². The van der Waals surface area contributed by atoms with Crippen molar-refractivity contribution in [3.8, 4) is 22.8 Å². The smallest absolute Gasteiger partial charge is 0.252 e. The number of aromatic nitrogens is 1. The Labute approximate surface area is 159 Å². The third-order valence-corrected chi connectivity index (χ3v) is 4.31. The second-order valence-electron chi connectivity index (χ2n) is 6.75. The van der Waals surface area contributed by atoms with Crippen LogP contribution in [-0.4, -0.2) is 31.7 Å². The second-order valence-corrected chi connectivity index (χ2v) is 6.75. The molecule has 0 saturated heterocycles. The number of rotatable bonds is 6. The minimum Gasteiger partial charge on any atom is -0.493 e. The number of carbonyl (C=O) groups excluding carboxylic acids is 1. The standard InChI is InChI=1S/C22H24N2O3/c1-14(2)13-23-22(25)17-12-19(24-18-8-6-5-7-16(17)18)15-9-10-20(26-3)21(11-15)27-4/h5-12,14H,13H2,1-4H3,(H,23,25). The summed E-state index contributed by atoms with van der Waals surface area (Å²) in [7, 11) is 3.20. The van der Waals surface area contributed by atoms with Crippen molar-refractivity contribution >= 4 is 16.8 Å². The molecule has 27 heavy (non-hydrogen) atoms. The highest BCUT2D eigenvalue weighted by atomic mass is 16.5. The molecule has 0 aliphatic heterocycles. The van der Waals surface area contributed by atoms with E-state index < -0.39 is 0 Å². The summed E-state index contributed by atoms with van der Waals surface area (Å²) in [5.41, 5.74) is 2.96. The molecule has 1 N–H and O–H groups in total. The summed E-state index contributed by atoms with van der Waals surface area (Å²) in [6, 6.07) is 15.1. The summed E-state index contributed by atoms with van der Waals surface area (Å²) >= 11 is 0. The molecule has 0 bridgehead atoms. The lowest BCUT2D eigenvalue weighted by atomic mass is 10.0. The van der Waals surface area contributed by atoms with Crippen LogP contribution in [0.1, 0.15) is 24.2 Å². The molecule has 0 aliphatic carbocycles. The fraction of sp³-hybridized carbons (Fsp3) is 0.273. The van der Waals surface area contributed by atoms with Gasteiger partial charge in [0.25, 0.3) is 5.91 Å². The van der Waals surface area contributed by atoms with Crippen LogP contribution in [0.2, 0.25) is 0 Å². The predicted molar refractivity (Wildman–Crippen MR) is 107 cm³/mol. The molecule has 0 radical (unpaired) electrons. The average molecular weight is 364 g/mol. The maximum atomic E-state index is 12.8. The zero-order valence-corrected chi connectivity index (χ0v) is 16.1. The van der Waals surface area contributed by atoms with Gasteiger partial charge in [0.1, 0.15) is 0 Å². The number of methoxy groups -OCH3 is 2. The van der Waals surface area contributed by atoms with E-state index in [1.165, 1.54) is 0 Å². The highest BCUT2D eigenvalue weighted by Gasteiger charge is 2.15. The van der Waals surface area contributed by atoms with E-state index in [1.54, 1.807) is 14.2 Å². The Hall–Kier alpha value is -3.08. The summed E-state index contributed by atoms with van der Waals surface area (Å²) in [5, 5.41) is 3.83. The zero-order chi connectivity index (χ0) is 19.4. The van der Waals surface area contributed by atoms with Gasteiger partial charge in [0.15, 0.2) is 11.5 Å². The second kappa shape index (κ2) is 8.08. The lowest BCUT2D eigenvalue weighted by Gasteiger charge is -2.13. The maximum absolute atomic E-state index is 12.8. The lowest BCUT2D eigenvalue weighted by Crippen LogP contribution is -2.27. The van der Waals surface area contributed by atoms with Crippen LogP contribution in [0.25, 0.3) is 22.2 Å². The normalized spacial score (nSPS) is 10.9. The van der Waals surface area contributed by atoms with Gasteiger partial charge in [0.05, 0.1) is 31.0 Å². The monoisotopic (exact) mass is 364 g/mol. The van der Waals surface area contributed by atoms with Crippen LogP contribution in [0.5, 0.6) is 11.5 Å². The number of nitrogens with one attached hydrogen (secondary N) is 1. The summed E-state index contributed by atoms with van der Waals surface area (Å²) in [5.74, 6) is 1.56. The number of fused-ring (bicyclic) bond motifs is 1. The van der Waals surface area contributed by atoms with Gasteiger partial charge >= 0.3 is 0 Å². The number of amides is 1. The summed E-state index contributed by atoms with van der Waals surface area (Å²) in [4.78, 5) is 17.5. The molecule has 3 rings (SSSR count). The minimum absolute atomic E-state index is 0.0935. The van der Waals surface area contributed by atoms with Crippen molar-refractivity contribution in [3.63, 3.8) is 0 Å². The Balaban J connectivity index is 2.10. The zero-order valence-electron chi connectivity index (χ0n) is 16.1. The molecule has 1 aromatic heterocycles. The van der Waals surface area contributed by atoms with Crippen molar-refractivity contribution in [1.82, 2.24) is 10.3 Å². The fourth-order valence-electron chi connectivity index (χ4n) is 2.90. The van der Waals surface area contributed by atoms with Gasteiger partial charge in [0, 0.05) is 17.5 Å². The highest BCUT2D eigenvalue weighted by Crippen LogP contribution is 2.33. The Morgan fingerprint density at radius 3 is 2.48 bits per heavy atom. The Kier molecular flexibility index (Phi) is 5.60. The van der Waals surface area contributed by atoms with E-state index in [4.69, 9.17) is 14.5 Å². The van der Waals surface area contributed by atoms with Gasteiger partial charge in [-0.25, -0.2) is 4.98 Å². The number of carbonyl (C=O) groups is 1. The first-order valence-electron chi connectivity index (χ1n) is 8.94. The van der Waals surface area contributed by atoms with Gasteiger partial charge in [-0.2, -0.15) is 0 Å². The number of hydrogen-bond donors (Lipinski definition) is 1. The number of hydrogen-bond acceptors (Lipinski definition) is 4. The third-order valence-electron chi connectivity index (χ3n) is 4.31. The quantitative estimate of drug-likeness (QED) is 0.708. The molecule has 0 fully saturated rings. The molecule has 0 aliphatic rings. The summed E-state index contributed by atoms with van der Waals surface area (Å²) in [6.45, 7) is 4.77. The van der Waals surface area contributed by atoms with Gasteiger partial charge in [0.2, 0.25) is 0 Å². The molecule has 140 valence electrons. The Morgan fingerprint density at radius 2 is 1.78 bits per heavy atom. The van der Waals surface area contributed by atoms with E-state index in [0.717, 1.165) is 16.5 Å². The molecular formula is C22H24N2O3. The minimum atomic E-state index is -0.0935. The number of pyridine rings is 1. The molecule has 0 unspecified atom stereocenters. The summed E-state index contributed by atoms with van der Waals surface area (Å²) < 4.78 is 10.7. The molecule has 5 nitrogen and oxygen atoms in total. The SMILES string of the molecule is COc1ccc(-c2cc(C(=O)NCC(C)C)c3ccccc3n2)cc1OC. The number of ether oxygens (including phenoxy) is 2. The largest absolute Gasteiger partial charge is 0.493 e. The maximum Gasteiger partial charge on any atom is 0.252 e. The van der Waals surface area contributed by atoms with Crippen molar-refractivity contribution in [2.45, 2.75) is 13.8 Å². The highest BCUT2D eigenvalue weighted by molar-refractivity contribution is 6.07. The topological polar surface area (TPSA) is 60.5 Å². The van der Waals surface area contributed by atoms with Crippen LogP contribution in [0.3, 0.4) is 0 Å². The van der Waals surface area contributed by atoms with Crippen molar-refractivity contribution in [2.75, 3.05) is 20.8 Å². The Bertz CT molecular complexity index is 967. The van der Waals surface area contributed by atoms with E-state index in [2.05, 4.69) is 19.2 Å². The van der Waals surface area contributed by atoms with Crippen LogP contribution in [0, 0.1) is 5.92 Å². The first-order chi connectivity index (χ1) is 13.0. The molecule has 2 aromatic carbocycles. The van der Waals surface area contributed by atoms with E-state index in [0.29, 0.717) is 35.2 Å². The third kappa shape index (κ3) is 4.03. The lowest BCUT2D eigenvalue weighted by molar-refractivity contribution is 0.0950. The molecule has 3 aromatic rings. The first-order valence-corrected chi connectivity index (χ1v) is 8.94. The predicted octanol–water partition coefficient (Wildman–Crippen LogP) is 4.30.